The summed E-state index contributed by atoms with van der Waals surface area (Å²) in [5.41, 5.74) is 7.99. The molecule has 0 fully saturated rings. The zero-order chi connectivity index (χ0) is 15.4. The number of hydrogen-bond acceptors (Lipinski definition) is 7. The van der Waals surface area contributed by atoms with Crippen molar-refractivity contribution < 1.29 is 9.53 Å². The number of nitrogen functional groups attached to an aromatic ring is 1. The van der Waals surface area contributed by atoms with E-state index in [1.807, 2.05) is 24.7 Å². The van der Waals surface area contributed by atoms with Crippen molar-refractivity contribution in [3.05, 3.63) is 29.2 Å². The van der Waals surface area contributed by atoms with Crippen LogP contribution in [0.15, 0.2) is 17.4 Å². The molecule has 21 heavy (non-hydrogen) atoms. The minimum atomic E-state index is -0.506. The summed E-state index contributed by atoms with van der Waals surface area (Å²) < 4.78 is 6.70. The molecule has 2 heterocycles. The molecule has 0 unspecified atom stereocenters. The van der Waals surface area contributed by atoms with Gasteiger partial charge in [0.15, 0.2) is 5.16 Å². The number of ether oxygens (including phenoxy) is 1. The number of anilines is 1. The second kappa shape index (κ2) is 6.57. The number of carbonyl (C=O) groups excluding carboxylic acids is 1. The first-order chi connectivity index (χ1) is 10.0. The standard InChI is InChI=1S/C13H17N5O2S/c1-4-20-12(19)10-6-15-13(16-11(10)14)21-7-9-5-8(2)17-18(9)3/h5-6H,4,7H2,1-3H3,(H2,14,15,16). The van der Waals surface area contributed by atoms with Crippen molar-refractivity contribution >= 4 is 23.5 Å². The molecule has 0 aliphatic heterocycles. The van der Waals surface area contributed by atoms with Gasteiger partial charge in [0.25, 0.3) is 0 Å². The van der Waals surface area contributed by atoms with E-state index in [2.05, 4.69) is 15.1 Å². The highest BCUT2D eigenvalue weighted by Gasteiger charge is 2.14. The zero-order valence-electron chi connectivity index (χ0n) is 12.2. The molecule has 0 saturated heterocycles. The van der Waals surface area contributed by atoms with Gasteiger partial charge in [-0.3, -0.25) is 4.68 Å². The number of nitrogens with zero attached hydrogens (tertiary/aromatic N) is 4. The lowest BCUT2D eigenvalue weighted by atomic mass is 10.3. The maximum Gasteiger partial charge on any atom is 0.343 e. The lowest BCUT2D eigenvalue weighted by molar-refractivity contribution is 0.0526. The predicted molar refractivity (Wildman–Crippen MR) is 79.9 cm³/mol. The van der Waals surface area contributed by atoms with Crippen molar-refractivity contribution in [1.82, 2.24) is 19.7 Å². The van der Waals surface area contributed by atoms with Gasteiger partial charge >= 0.3 is 5.97 Å². The summed E-state index contributed by atoms with van der Waals surface area (Å²) in [6.45, 7) is 3.96. The maximum absolute atomic E-state index is 11.6. The van der Waals surface area contributed by atoms with Crippen LogP contribution in [0.5, 0.6) is 0 Å². The lowest BCUT2D eigenvalue weighted by Gasteiger charge is -2.06. The molecule has 2 N–H and O–H groups in total. The molecule has 8 heteroatoms. The summed E-state index contributed by atoms with van der Waals surface area (Å²) in [5, 5.41) is 4.79. The van der Waals surface area contributed by atoms with Crippen LogP contribution in [0.4, 0.5) is 5.82 Å². The number of aryl methyl sites for hydroxylation is 2. The molecule has 0 aromatic carbocycles. The average molecular weight is 307 g/mol. The summed E-state index contributed by atoms with van der Waals surface area (Å²) in [5.74, 6) is 0.302. The second-order valence-electron chi connectivity index (χ2n) is 4.36. The van der Waals surface area contributed by atoms with Gasteiger partial charge in [-0.05, 0) is 19.9 Å². The van der Waals surface area contributed by atoms with Crippen molar-refractivity contribution in [2.75, 3.05) is 12.3 Å². The van der Waals surface area contributed by atoms with Crippen LogP contribution in [0.1, 0.15) is 28.7 Å². The van der Waals surface area contributed by atoms with E-state index in [4.69, 9.17) is 10.5 Å². The Morgan fingerprint density at radius 1 is 1.52 bits per heavy atom. The van der Waals surface area contributed by atoms with Crippen LogP contribution < -0.4 is 5.73 Å². The fourth-order valence-corrected chi connectivity index (χ4v) is 2.59. The van der Waals surface area contributed by atoms with Crippen LogP contribution in [0, 0.1) is 6.92 Å². The SMILES string of the molecule is CCOC(=O)c1cnc(SCc2cc(C)nn2C)nc1N. The quantitative estimate of drug-likeness (QED) is 0.509. The summed E-state index contributed by atoms with van der Waals surface area (Å²) >= 11 is 1.43. The summed E-state index contributed by atoms with van der Waals surface area (Å²) in [6, 6.07) is 2.00. The molecule has 0 radical (unpaired) electrons. The molecule has 2 aromatic rings. The largest absolute Gasteiger partial charge is 0.462 e. The van der Waals surface area contributed by atoms with Crippen molar-refractivity contribution in [2.45, 2.75) is 24.8 Å². The topological polar surface area (TPSA) is 95.9 Å². The minimum absolute atomic E-state index is 0.132. The molecule has 0 atom stereocenters. The normalized spacial score (nSPS) is 10.6. The van der Waals surface area contributed by atoms with E-state index in [-0.39, 0.29) is 18.0 Å². The summed E-state index contributed by atoms with van der Waals surface area (Å²) in [4.78, 5) is 19.9. The Hall–Kier alpha value is -2.09. The van der Waals surface area contributed by atoms with E-state index < -0.39 is 5.97 Å². The Bertz CT molecular complexity index is 656. The van der Waals surface area contributed by atoms with Crippen LogP contribution in [0.3, 0.4) is 0 Å². The molecular formula is C13H17N5O2S. The smallest absolute Gasteiger partial charge is 0.343 e. The highest BCUT2D eigenvalue weighted by molar-refractivity contribution is 7.98. The van der Waals surface area contributed by atoms with Crippen molar-refractivity contribution in [2.24, 2.45) is 7.05 Å². The van der Waals surface area contributed by atoms with Gasteiger partial charge in [0.1, 0.15) is 11.4 Å². The Kier molecular flexibility index (Phi) is 4.79. The van der Waals surface area contributed by atoms with E-state index in [1.54, 1.807) is 6.92 Å². The first-order valence-corrected chi connectivity index (χ1v) is 7.41. The van der Waals surface area contributed by atoms with E-state index >= 15 is 0 Å². The van der Waals surface area contributed by atoms with Crippen molar-refractivity contribution in [3.63, 3.8) is 0 Å². The van der Waals surface area contributed by atoms with Crippen LogP contribution in [-0.4, -0.2) is 32.3 Å². The molecule has 2 aromatic heterocycles. The summed E-state index contributed by atoms with van der Waals surface area (Å²) in [7, 11) is 1.89. The van der Waals surface area contributed by atoms with Gasteiger partial charge in [0, 0.05) is 24.7 Å². The third kappa shape index (κ3) is 3.72. The molecule has 0 bridgehead atoms. The molecule has 0 aliphatic carbocycles. The minimum Gasteiger partial charge on any atom is -0.462 e. The Morgan fingerprint density at radius 3 is 2.86 bits per heavy atom. The molecule has 7 nitrogen and oxygen atoms in total. The molecule has 0 aliphatic rings. The highest BCUT2D eigenvalue weighted by atomic mass is 32.2. The number of hydrogen-bond donors (Lipinski definition) is 1. The van der Waals surface area contributed by atoms with Gasteiger partial charge < -0.3 is 10.5 Å². The van der Waals surface area contributed by atoms with Crippen molar-refractivity contribution in [3.8, 4) is 0 Å². The first kappa shape index (κ1) is 15.3. The number of carbonyl (C=O) groups is 1. The van der Waals surface area contributed by atoms with Crippen LogP contribution in [0.2, 0.25) is 0 Å². The highest BCUT2D eigenvalue weighted by Crippen LogP contribution is 2.21. The second-order valence-corrected chi connectivity index (χ2v) is 5.30. The van der Waals surface area contributed by atoms with Gasteiger partial charge in [-0.1, -0.05) is 11.8 Å². The first-order valence-electron chi connectivity index (χ1n) is 6.43. The molecule has 0 saturated carbocycles. The maximum atomic E-state index is 11.6. The number of esters is 1. The van der Waals surface area contributed by atoms with Gasteiger partial charge in [0.05, 0.1) is 12.3 Å². The van der Waals surface area contributed by atoms with E-state index in [0.717, 1.165) is 11.4 Å². The summed E-state index contributed by atoms with van der Waals surface area (Å²) in [6.07, 6.45) is 1.40. The van der Waals surface area contributed by atoms with E-state index in [9.17, 15) is 4.79 Å². The van der Waals surface area contributed by atoms with Gasteiger partial charge in [-0.2, -0.15) is 5.10 Å². The molecule has 2 rings (SSSR count). The lowest BCUT2D eigenvalue weighted by Crippen LogP contribution is -2.10. The molecule has 0 spiro atoms. The molecular weight excluding hydrogens is 290 g/mol. The number of thioether (sulfide) groups is 1. The monoisotopic (exact) mass is 307 g/mol. The molecule has 112 valence electrons. The van der Waals surface area contributed by atoms with Crippen LogP contribution in [0.25, 0.3) is 0 Å². The third-order valence-corrected chi connectivity index (χ3v) is 3.63. The van der Waals surface area contributed by atoms with Gasteiger partial charge in [0.2, 0.25) is 0 Å². The van der Waals surface area contributed by atoms with Crippen LogP contribution in [-0.2, 0) is 17.5 Å². The Morgan fingerprint density at radius 2 is 2.29 bits per heavy atom. The number of nitrogens with two attached hydrogens (primary N) is 1. The fraction of sp³-hybridized carbons (Fsp3) is 0.385. The predicted octanol–water partition coefficient (Wildman–Crippen LogP) is 1.57. The van der Waals surface area contributed by atoms with Crippen LogP contribution >= 0.6 is 11.8 Å². The molecule has 0 amide bonds. The zero-order valence-corrected chi connectivity index (χ0v) is 13.0. The fourth-order valence-electron chi connectivity index (χ4n) is 1.75. The van der Waals surface area contributed by atoms with Crippen molar-refractivity contribution in [1.29, 1.82) is 0 Å². The van der Waals surface area contributed by atoms with E-state index in [1.165, 1.54) is 18.0 Å². The van der Waals surface area contributed by atoms with Gasteiger partial charge in [-0.15, -0.1) is 0 Å². The number of rotatable bonds is 5. The Labute approximate surface area is 126 Å². The van der Waals surface area contributed by atoms with Gasteiger partial charge in [-0.25, -0.2) is 14.8 Å². The van der Waals surface area contributed by atoms with E-state index in [0.29, 0.717) is 10.9 Å². The Balaban J connectivity index is 2.06. The third-order valence-electron chi connectivity index (χ3n) is 2.74. The average Bonchev–Trinajstić information content (AvgIpc) is 2.75. The number of aromatic nitrogens is 4.